The number of halogens is 1. The number of piperidine rings is 1. The lowest BCUT2D eigenvalue weighted by Gasteiger charge is -2.35. The summed E-state index contributed by atoms with van der Waals surface area (Å²) in [4.78, 5) is 30.3. The van der Waals surface area contributed by atoms with E-state index in [4.69, 9.17) is 4.74 Å². The molecule has 1 aliphatic carbocycles. The van der Waals surface area contributed by atoms with Gasteiger partial charge in [0.05, 0.1) is 18.0 Å². The van der Waals surface area contributed by atoms with Crippen LogP contribution in [-0.4, -0.2) is 58.5 Å². The van der Waals surface area contributed by atoms with Gasteiger partial charge in [0, 0.05) is 31.6 Å². The summed E-state index contributed by atoms with van der Waals surface area (Å²) in [6.45, 7) is 11.6. The minimum Gasteiger partial charge on any atom is -0.444 e. The number of ketones is 1. The van der Waals surface area contributed by atoms with Gasteiger partial charge >= 0.3 is 6.09 Å². The van der Waals surface area contributed by atoms with Gasteiger partial charge in [0.2, 0.25) is 0 Å². The highest BCUT2D eigenvalue weighted by atomic mass is 19.1. The van der Waals surface area contributed by atoms with Gasteiger partial charge in [-0.1, -0.05) is 18.2 Å². The normalized spacial score (nSPS) is 24.6. The third-order valence-electron chi connectivity index (χ3n) is 8.01. The van der Waals surface area contributed by atoms with Crippen LogP contribution in [0.15, 0.2) is 24.3 Å². The number of benzene rings is 1. The molecule has 1 saturated carbocycles. The molecule has 2 heterocycles. The molecular weight excluding hydrogens is 469 g/mol. The van der Waals surface area contributed by atoms with Crippen LogP contribution in [0.5, 0.6) is 0 Å². The number of Topliss-reactive ketones (excluding diaryl/α,β-unsaturated/α-hetero) is 1. The molecule has 2 fully saturated rings. The van der Waals surface area contributed by atoms with E-state index in [2.05, 4.69) is 30.9 Å². The van der Waals surface area contributed by atoms with Crippen LogP contribution in [0.25, 0.3) is 5.57 Å². The highest BCUT2D eigenvalue weighted by Gasteiger charge is 2.52. The monoisotopic (exact) mass is 509 g/mol. The van der Waals surface area contributed by atoms with Crippen molar-refractivity contribution in [2.75, 3.05) is 13.1 Å². The van der Waals surface area contributed by atoms with Crippen LogP contribution in [0.3, 0.4) is 0 Å². The number of ether oxygens (including phenoxy) is 1. The van der Waals surface area contributed by atoms with Crippen molar-refractivity contribution in [1.82, 2.24) is 9.80 Å². The third kappa shape index (κ3) is 6.23. The maximum atomic E-state index is 15.1. The van der Waals surface area contributed by atoms with Crippen LogP contribution in [0, 0.1) is 29.0 Å². The number of rotatable bonds is 7. The Morgan fingerprint density at radius 3 is 2.59 bits per heavy atom. The lowest BCUT2D eigenvalue weighted by atomic mass is 9.87. The van der Waals surface area contributed by atoms with E-state index in [-0.39, 0.29) is 36.4 Å². The summed E-state index contributed by atoms with van der Waals surface area (Å²) in [5, 5.41) is 9.81. The van der Waals surface area contributed by atoms with Crippen molar-refractivity contribution in [2.24, 2.45) is 11.8 Å². The molecule has 2 bridgehead atoms. The summed E-state index contributed by atoms with van der Waals surface area (Å²) in [6.07, 6.45) is 5.33. The van der Waals surface area contributed by atoms with Crippen molar-refractivity contribution in [1.29, 1.82) is 5.26 Å². The standard InChI is InChI=1S/C30H40FN3O3/c1-19(2)33-12-10-21(11-13-33)22-6-7-23(26(31)17-22)14-20(18-32)15-27(35)28-24-8-9-25(16-24)34(28)29(36)37-30(3,4)5/h6-7,10,17,19-20,24-25,28H,8-9,11-16H2,1-5H3/t20-,24+,25-,28+/m1/s1. The van der Waals surface area contributed by atoms with Crippen molar-refractivity contribution >= 4 is 17.4 Å². The van der Waals surface area contributed by atoms with Gasteiger partial charge in [-0.25, -0.2) is 9.18 Å². The van der Waals surface area contributed by atoms with Gasteiger partial charge in [-0.2, -0.15) is 5.26 Å². The molecule has 7 heteroatoms. The second-order valence-corrected chi connectivity index (χ2v) is 12.1. The van der Waals surface area contributed by atoms with Gasteiger partial charge in [0.25, 0.3) is 0 Å². The number of likely N-dealkylation sites (tertiary alicyclic amines) is 1. The number of fused-ring (bicyclic) bond motifs is 2. The van der Waals surface area contributed by atoms with Gasteiger partial charge in [-0.15, -0.1) is 0 Å². The van der Waals surface area contributed by atoms with Gasteiger partial charge in [0.15, 0.2) is 5.78 Å². The maximum absolute atomic E-state index is 15.1. The van der Waals surface area contributed by atoms with Crippen LogP contribution >= 0.6 is 0 Å². The number of carbonyl (C=O) groups is 2. The van der Waals surface area contributed by atoms with E-state index in [0.29, 0.717) is 11.6 Å². The molecule has 3 aliphatic rings. The first-order chi connectivity index (χ1) is 17.5. The van der Waals surface area contributed by atoms with Crippen LogP contribution in [0.4, 0.5) is 9.18 Å². The Labute approximate surface area is 220 Å². The van der Waals surface area contributed by atoms with E-state index in [1.807, 2.05) is 26.8 Å². The minimum atomic E-state index is -0.652. The largest absolute Gasteiger partial charge is 0.444 e. The van der Waals surface area contributed by atoms with Gasteiger partial charge in [-0.3, -0.25) is 14.6 Å². The average Bonchev–Trinajstić information content (AvgIpc) is 3.45. The predicted molar refractivity (Wildman–Crippen MR) is 141 cm³/mol. The Morgan fingerprint density at radius 2 is 2.00 bits per heavy atom. The summed E-state index contributed by atoms with van der Waals surface area (Å²) >= 11 is 0. The summed E-state index contributed by atoms with van der Waals surface area (Å²) in [6, 6.07) is 7.39. The fourth-order valence-electron chi connectivity index (χ4n) is 6.10. The lowest BCUT2D eigenvalue weighted by Crippen LogP contribution is -2.51. The van der Waals surface area contributed by atoms with E-state index < -0.39 is 23.7 Å². The van der Waals surface area contributed by atoms with E-state index in [0.717, 1.165) is 49.9 Å². The summed E-state index contributed by atoms with van der Waals surface area (Å²) in [5.41, 5.74) is 1.82. The Kier molecular flexibility index (Phi) is 8.08. The van der Waals surface area contributed by atoms with Crippen molar-refractivity contribution in [3.8, 4) is 6.07 Å². The molecule has 0 unspecified atom stereocenters. The topological polar surface area (TPSA) is 73.6 Å². The second kappa shape index (κ2) is 10.9. The molecule has 4 rings (SSSR count). The Balaban J connectivity index is 1.42. The molecule has 2 aliphatic heterocycles. The molecule has 0 aromatic heterocycles. The fraction of sp³-hybridized carbons (Fsp3) is 0.633. The van der Waals surface area contributed by atoms with Crippen LogP contribution < -0.4 is 0 Å². The molecule has 1 aromatic carbocycles. The number of carbonyl (C=O) groups excluding carboxylic acids is 2. The fourth-order valence-corrected chi connectivity index (χ4v) is 6.10. The smallest absolute Gasteiger partial charge is 0.411 e. The van der Waals surface area contributed by atoms with Crippen LogP contribution in [0.1, 0.15) is 77.8 Å². The zero-order valence-electron chi connectivity index (χ0n) is 22.8. The predicted octanol–water partition coefficient (Wildman–Crippen LogP) is 5.75. The van der Waals surface area contributed by atoms with Gasteiger partial charge in [0.1, 0.15) is 11.4 Å². The first-order valence-electron chi connectivity index (χ1n) is 13.6. The SMILES string of the molecule is CC(C)N1CC=C(c2ccc(C[C@@H](C#N)CC(=O)[C@@H]3[C@H]4CC[C@H](C4)N3C(=O)OC(C)(C)C)c(F)c2)CC1. The third-order valence-corrected chi connectivity index (χ3v) is 8.01. The quantitative estimate of drug-likeness (QED) is 0.468. The van der Waals surface area contributed by atoms with E-state index in [9.17, 15) is 14.9 Å². The Morgan fingerprint density at radius 1 is 1.24 bits per heavy atom. The minimum absolute atomic E-state index is 0.00106. The Bertz CT molecular complexity index is 1100. The number of nitriles is 1. The molecule has 4 atom stereocenters. The molecule has 0 spiro atoms. The molecule has 0 radical (unpaired) electrons. The van der Waals surface area contributed by atoms with Crippen molar-refractivity contribution in [2.45, 2.75) is 96.9 Å². The maximum Gasteiger partial charge on any atom is 0.411 e. The van der Waals surface area contributed by atoms with Crippen molar-refractivity contribution < 1.29 is 18.7 Å². The first-order valence-corrected chi connectivity index (χ1v) is 13.6. The molecule has 0 N–H and O–H groups in total. The van der Waals surface area contributed by atoms with Gasteiger partial charge < -0.3 is 4.74 Å². The number of hydrogen-bond donors (Lipinski definition) is 0. The molecule has 6 nitrogen and oxygen atoms in total. The lowest BCUT2D eigenvalue weighted by molar-refractivity contribution is -0.126. The zero-order chi connectivity index (χ0) is 26.9. The van der Waals surface area contributed by atoms with Crippen LogP contribution in [-0.2, 0) is 16.0 Å². The van der Waals surface area contributed by atoms with Crippen molar-refractivity contribution in [3.05, 3.63) is 41.2 Å². The summed E-state index contributed by atoms with van der Waals surface area (Å²) in [7, 11) is 0. The molecule has 1 aromatic rings. The van der Waals surface area contributed by atoms with Crippen LogP contribution in [0.2, 0.25) is 0 Å². The average molecular weight is 510 g/mol. The molecule has 1 amide bonds. The summed E-state index contributed by atoms with van der Waals surface area (Å²) < 4.78 is 20.7. The van der Waals surface area contributed by atoms with Crippen molar-refractivity contribution in [3.63, 3.8) is 0 Å². The first kappa shape index (κ1) is 27.3. The molecule has 1 saturated heterocycles. The zero-order valence-corrected chi connectivity index (χ0v) is 22.8. The highest BCUT2D eigenvalue weighted by Crippen LogP contribution is 2.44. The van der Waals surface area contributed by atoms with E-state index in [1.54, 1.807) is 17.0 Å². The highest BCUT2D eigenvalue weighted by molar-refractivity contribution is 5.89. The number of amides is 1. The summed E-state index contributed by atoms with van der Waals surface area (Å²) in [5.74, 6) is -1.01. The second-order valence-electron chi connectivity index (χ2n) is 12.1. The van der Waals surface area contributed by atoms with E-state index in [1.165, 1.54) is 0 Å². The Hall–Kier alpha value is -2.72. The molecule has 200 valence electrons. The molecular formula is C30H40FN3O3. The number of hydrogen-bond acceptors (Lipinski definition) is 5. The van der Waals surface area contributed by atoms with E-state index >= 15 is 4.39 Å². The number of nitrogens with zero attached hydrogens (tertiary/aromatic N) is 3. The molecule has 37 heavy (non-hydrogen) atoms. The van der Waals surface area contributed by atoms with Gasteiger partial charge in [-0.05, 0) is 95.4 Å².